The highest BCUT2D eigenvalue weighted by molar-refractivity contribution is 9.10. The summed E-state index contributed by atoms with van der Waals surface area (Å²) in [5.41, 5.74) is 4.71. The van der Waals surface area contributed by atoms with Gasteiger partial charge in [-0.15, -0.1) is 0 Å². The van der Waals surface area contributed by atoms with E-state index in [0.717, 1.165) is 15.6 Å². The third-order valence-corrected chi connectivity index (χ3v) is 4.78. The Morgan fingerprint density at radius 1 is 1.00 bits per heavy atom. The van der Waals surface area contributed by atoms with Gasteiger partial charge in [-0.2, -0.15) is 0 Å². The van der Waals surface area contributed by atoms with Gasteiger partial charge >= 0.3 is 0 Å². The van der Waals surface area contributed by atoms with Gasteiger partial charge in [-0.3, -0.25) is 11.3 Å². The predicted molar refractivity (Wildman–Crippen MR) is 94.1 cm³/mol. The number of benzene rings is 2. The van der Waals surface area contributed by atoms with Gasteiger partial charge < -0.3 is 0 Å². The summed E-state index contributed by atoms with van der Waals surface area (Å²) in [4.78, 5) is 0. The van der Waals surface area contributed by atoms with Crippen LogP contribution in [0.2, 0.25) is 15.1 Å². The molecule has 0 aliphatic heterocycles. The number of rotatable bonds is 5. The van der Waals surface area contributed by atoms with Gasteiger partial charge in [0.25, 0.3) is 0 Å². The first-order chi connectivity index (χ1) is 10.0. The molecule has 0 bridgehead atoms. The van der Waals surface area contributed by atoms with Crippen LogP contribution in [-0.4, -0.2) is 6.04 Å². The first kappa shape index (κ1) is 17.1. The van der Waals surface area contributed by atoms with E-state index in [1.807, 2.05) is 36.4 Å². The van der Waals surface area contributed by atoms with E-state index in [1.54, 1.807) is 0 Å². The third kappa shape index (κ3) is 4.59. The zero-order chi connectivity index (χ0) is 15.4. The Labute approximate surface area is 147 Å². The van der Waals surface area contributed by atoms with Gasteiger partial charge in [-0.05, 0) is 48.2 Å². The van der Waals surface area contributed by atoms with E-state index in [0.29, 0.717) is 27.9 Å². The van der Waals surface area contributed by atoms with E-state index < -0.39 is 0 Å². The Bertz CT molecular complexity index is 614. The summed E-state index contributed by atoms with van der Waals surface area (Å²) in [6.45, 7) is 0. The van der Waals surface area contributed by atoms with Crippen LogP contribution >= 0.6 is 50.7 Å². The lowest BCUT2D eigenvalue weighted by Crippen LogP contribution is -2.38. The van der Waals surface area contributed by atoms with Crippen LogP contribution in [0.25, 0.3) is 0 Å². The van der Waals surface area contributed by atoms with Gasteiger partial charge in [0.2, 0.25) is 0 Å². The highest BCUT2D eigenvalue weighted by Gasteiger charge is 2.15. The summed E-state index contributed by atoms with van der Waals surface area (Å²) in [7, 11) is 0. The fraction of sp³-hybridized carbons (Fsp3) is 0.200. The average molecular weight is 409 g/mol. The van der Waals surface area contributed by atoms with Crippen LogP contribution in [-0.2, 0) is 12.8 Å². The molecule has 0 aliphatic rings. The molecule has 0 radical (unpaired) electrons. The van der Waals surface area contributed by atoms with Crippen molar-refractivity contribution in [1.29, 1.82) is 0 Å². The number of hydrogen-bond donors (Lipinski definition) is 2. The van der Waals surface area contributed by atoms with Crippen LogP contribution in [0, 0.1) is 0 Å². The van der Waals surface area contributed by atoms with Gasteiger partial charge in [0, 0.05) is 25.6 Å². The Kier molecular flexibility index (Phi) is 6.35. The first-order valence-corrected chi connectivity index (χ1v) is 8.27. The van der Waals surface area contributed by atoms with Crippen LogP contribution < -0.4 is 11.3 Å². The molecule has 6 heteroatoms. The number of nitrogens with one attached hydrogen (secondary N) is 1. The standard InChI is InChI=1S/C15H14BrCl3N2/c16-10-5-4-9(15(19)7-10)6-11(21-20)8-12-13(17)2-1-3-14(12)18/h1-5,7,11,21H,6,8,20H2. The molecule has 0 heterocycles. The minimum Gasteiger partial charge on any atom is -0.271 e. The highest BCUT2D eigenvalue weighted by atomic mass is 79.9. The molecule has 3 N–H and O–H groups in total. The summed E-state index contributed by atoms with van der Waals surface area (Å²) in [6, 6.07) is 11.3. The summed E-state index contributed by atoms with van der Waals surface area (Å²) in [5.74, 6) is 5.66. The molecular formula is C15H14BrCl3N2. The van der Waals surface area contributed by atoms with E-state index in [2.05, 4.69) is 21.4 Å². The number of nitrogens with two attached hydrogens (primary N) is 1. The lowest BCUT2D eigenvalue weighted by molar-refractivity contribution is 0.522. The normalized spacial score (nSPS) is 12.4. The molecule has 2 rings (SSSR count). The maximum atomic E-state index is 6.25. The molecular weight excluding hydrogens is 394 g/mol. The average Bonchev–Trinajstić information content (AvgIpc) is 2.44. The maximum absolute atomic E-state index is 6.25. The van der Waals surface area contributed by atoms with Gasteiger partial charge in [0.15, 0.2) is 0 Å². The van der Waals surface area contributed by atoms with Crippen molar-refractivity contribution >= 4 is 50.7 Å². The summed E-state index contributed by atoms with van der Waals surface area (Å²) < 4.78 is 0.947. The topological polar surface area (TPSA) is 38.0 Å². The third-order valence-electron chi connectivity index (χ3n) is 3.23. The quantitative estimate of drug-likeness (QED) is 0.538. The second-order valence-electron chi connectivity index (χ2n) is 4.71. The minimum absolute atomic E-state index is 0.0129. The van der Waals surface area contributed by atoms with Crippen molar-refractivity contribution in [2.45, 2.75) is 18.9 Å². The molecule has 0 aliphatic carbocycles. The van der Waals surface area contributed by atoms with Crippen molar-refractivity contribution in [3.8, 4) is 0 Å². The van der Waals surface area contributed by atoms with Crippen molar-refractivity contribution in [1.82, 2.24) is 5.43 Å². The summed E-state index contributed by atoms with van der Waals surface area (Å²) in [5, 5.41) is 1.99. The van der Waals surface area contributed by atoms with Crippen molar-refractivity contribution in [3.63, 3.8) is 0 Å². The van der Waals surface area contributed by atoms with Gasteiger partial charge in [0.1, 0.15) is 0 Å². The van der Waals surface area contributed by atoms with Crippen LogP contribution in [0.4, 0.5) is 0 Å². The fourth-order valence-corrected chi connectivity index (χ4v) is 3.42. The van der Waals surface area contributed by atoms with Crippen LogP contribution in [0.1, 0.15) is 11.1 Å². The predicted octanol–water partition coefficient (Wildman–Crippen LogP) is 5.03. The van der Waals surface area contributed by atoms with Crippen molar-refractivity contribution in [2.75, 3.05) is 0 Å². The summed E-state index contributed by atoms with van der Waals surface area (Å²) in [6.07, 6.45) is 1.31. The van der Waals surface area contributed by atoms with Gasteiger partial charge in [0.05, 0.1) is 0 Å². The molecule has 0 saturated carbocycles. The number of hydrazine groups is 1. The first-order valence-electron chi connectivity index (χ1n) is 6.34. The Morgan fingerprint density at radius 2 is 1.67 bits per heavy atom. The second kappa shape index (κ2) is 7.82. The van der Waals surface area contributed by atoms with Gasteiger partial charge in [-0.1, -0.05) is 62.9 Å². The monoisotopic (exact) mass is 406 g/mol. The molecule has 2 nitrogen and oxygen atoms in total. The molecule has 0 fully saturated rings. The lowest BCUT2D eigenvalue weighted by Gasteiger charge is -2.18. The Hall–Kier alpha value is -0.290. The van der Waals surface area contributed by atoms with Crippen molar-refractivity contribution in [2.24, 2.45) is 5.84 Å². The molecule has 112 valence electrons. The molecule has 2 aromatic carbocycles. The molecule has 1 unspecified atom stereocenters. The molecule has 0 spiro atoms. The maximum Gasteiger partial charge on any atom is 0.0453 e. The van der Waals surface area contributed by atoms with Crippen LogP contribution in [0.15, 0.2) is 40.9 Å². The van der Waals surface area contributed by atoms with E-state index in [1.165, 1.54) is 0 Å². The second-order valence-corrected chi connectivity index (χ2v) is 6.85. The molecule has 0 saturated heterocycles. The van der Waals surface area contributed by atoms with Crippen molar-refractivity contribution in [3.05, 3.63) is 67.1 Å². The molecule has 2 aromatic rings. The van der Waals surface area contributed by atoms with Crippen LogP contribution in [0.5, 0.6) is 0 Å². The fourth-order valence-electron chi connectivity index (χ4n) is 2.12. The Morgan fingerprint density at radius 3 is 2.24 bits per heavy atom. The molecule has 1 atom stereocenters. The highest BCUT2D eigenvalue weighted by Crippen LogP contribution is 2.27. The zero-order valence-electron chi connectivity index (χ0n) is 11.0. The van der Waals surface area contributed by atoms with E-state index in [4.69, 9.17) is 40.6 Å². The van der Waals surface area contributed by atoms with Crippen molar-refractivity contribution < 1.29 is 0 Å². The molecule has 0 amide bonds. The summed E-state index contributed by atoms with van der Waals surface area (Å²) >= 11 is 22.0. The SMILES string of the molecule is NNC(Cc1ccc(Br)cc1Cl)Cc1c(Cl)cccc1Cl. The largest absolute Gasteiger partial charge is 0.271 e. The molecule has 21 heavy (non-hydrogen) atoms. The smallest absolute Gasteiger partial charge is 0.0453 e. The van der Waals surface area contributed by atoms with Gasteiger partial charge in [-0.25, -0.2) is 0 Å². The lowest BCUT2D eigenvalue weighted by atomic mass is 9.99. The van der Waals surface area contributed by atoms with E-state index in [-0.39, 0.29) is 6.04 Å². The van der Waals surface area contributed by atoms with E-state index >= 15 is 0 Å². The van der Waals surface area contributed by atoms with E-state index in [9.17, 15) is 0 Å². The van der Waals surface area contributed by atoms with Crippen LogP contribution in [0.3, 0.4) is 0 Å². The number of hydrogen-bond acceptors (Lipinski definition) is 2. The molecule has 0 aromatic heterocycles. The Balaban J connectivity index is 2.17. The number of halogens is 4. The zero-order valence-corrected chi connectivity index (χ0v) is 14.9. The minimum atomic E-state index is -0.0129.